The van der Waals surface area contributed by atoms with Gasteiger partial charge in [0.25, 0.3) is 20.2 Å². The lowest BCUT2D eigenvalue weighted by Gasteiger charge is -2.28. The molecule has 4 aromatic rings. The Morgan fingerprint density at radius 3 is 2.00 bits per heavy atom. The number of fused-ring (bicyclic) bond motifs is 3. The van der Waals surface area contributed by atoms with Crippen molar-refractivity contribution in [2.45, 2.75) is 77.0 Å². The van der Waals surface area contributed by atoms with E-state index in [1.807, 2.05) is 19.9 Å². The van der Waals surface area contributed by atoms with E-state index < -0.39 is 20.2 Å². The Labute approximate surface area is 343 Å². The number of hydrogen-bond acceptors (Lipinski definition) is 7. The highest BCUT2D eigenvalue weighted by atomic mass is 32.2. The van der Waals surface area contributed by atoms with Gasteiger partial charge in [0.15, 0.2) is 0 Å². The number of thioether (sulfide) groups is 1. The average molecular weight is 817 g/mol. The molecule has 6 nitrogen and oxygen atoms in total. The molecule has 0 saturated heterocycles. The number of aryl methyl sites for hydroxylation is 2. The largest absolute Gasteiger partial charge is 0.297 e. The van der Waals surface area contributed by atoms with Crippen LogP contribution in [-0.4, -0.2) is 30.0 Å². The molecular formula is C48H48O6S3. The van der Waals surface area contributed by atoms with Gasteiger partial charge in [-0.1, -0.05) is 115 Å². The van der Waals surface area contributed by atoms with Crippen LogP contribution in [0, 0.1) is 49.4 Å². The van der Waals surface area contributed by atoms with Crippen LogP contribution in [0.2, 0.25) is 0 Å². The summed E-state index contributed by atoms with van der Waals surface area (Å²) in [6.45, 7) is 12.5. The number of hydrogen-bond donors (Lipinski definition) is 0. The van der Waals surface area contributed by atoms with Gasteiger partial charge in [0.05, 0.1) is 23.0 Å². The predicted molar refractivity (Wildman–Crippen MR) is 233 cm³/mol. The summed E-state index contributed by atoms with van der Waals surface area (Å²) in [4.78, 5) is 2.68. The maximum absolute atomic E-state index is 12.7. The highest BCUT2D eigenvalue weighted by molar-refractivity contribution is 8.06. The third kappa shape index (κ3) is 10.1. The summed E-state index contributed by atoms with van der Waals surface area (Å²) in [6.07, 6.45) is 6.15. The quantitative estimate of drug-likeness (QED) is 0.0846. The molecule has 2 unspecified atom stereocenters. The highest BCUT2D eigenvalue weighted by Crippen LogP contribution is 2.52. The van der Waals surface area contributed by atoms with E-state index in [0.29, 0.717) is 12.8 Å². The molecule has 0 spiro atoms. The van der Waals surface area contributed by atoms with Crippen molar-refractivity contribution in [3.8, 4) is 23.7 Å². The molecule has 0 fully saturated rings. The van der Waals surface area contributed by atoms with E-state index in [1.165, 1.54) is 48.4 Å². The van der Waals surface area contributed by atoms with Crippen molar-refractivity contribution in [1.29, 1.82) is 0 Å². The summed E-state index contributed by atoms with van der Waals surface area (Å²) in [5, 5.41) is 2.45. The minimum absolute atomic E-state index is 0.0110. The third-order valence-corrected chi connectivity index (χ3v) is 13.8. The van der Waals surface area contributed by atoms with Crippen molar-refractivity contribution in [1.82, 2.24) is 0 Å². The lowest BCUT2D eigenvalue weighted by atomic mass is 9.81. The molecule has 9 heteroatoms. The van der Waals surface area contributed by atoms with Gasteiger partial charge in [0.1, 0.15) is 0 Å². The van der Waals surface area contributed by atoms with E-state index in [0.717, 1.165) is 23.1 Å². The Morgan fingerprint density at radius 2 is 1.37 bits per heavy atom. The smallest absolute Gasteiger partial charge is 0.265 e. The van der Waals surface area contributed by atoms with Crippen LogP contribution in [0.3, 0.4) is 0 Å². The first kappa shape index (κ1) is 42.0. The monoisotopic (exact) mass is 816 g/mol. The van der Waals surface area contributed by atoms with Crippen LogP contribution in [0.5, 0.6) is 0 Å². The molecule has 4 aromatic carbocycles. The van der Waals surface area contributed by atoms with Gasteiger partial charge in [-0.25, -0.2) is 0 Å². The molecule has 294 valence electrons. The average Bonchev–Trinajstić information content (AvgIpc) is 3.51. The van der Waals surface area contributed by atoms with Crippen LogP contribution in [-0.2, 0) is 35.0 Å². The number of benzene rings is 4. The third-order valence-electron chi connectivity index (χ3n) is 10.1. The van der Waals surface area contributed by atoms with E-state index in [9.17, 15) is 16.8 Å². The summed E-state index contributed by atoms with van der Waals surface area (Å²) < 4.78 is 61.1. The highest BCUT2D eigenvalue weighted by Gasteiger charge is 2.33. The molecule has 2 aliphatic rings. The molecule has 0 radical (unpaired) electrons. The van der Waals surface area contributed by atoms with Crippen molar-refractivity contribution >= 4 is 48.3 Å². The Bertz CT molecular complexity index is 2640. The Morgan fingerprint density at radius 1 is 0.772 bits per heavy atom. The molecule has 6 rings (SSSR count). The maximum atomic E-state index is 12.7. The van der Waals surface area contributed by atoms with Gasteiger partial charge < -0.3 is 0 Å². The number of allylic oxidation sites excluding steroid dienone is 8. The second-order valence-corrected chi connectivity index (χ2v) is 19.2. The Hall–Kier alpha value is -4.61. The van der Waals surface area contributed by atoms with Crippen LogP contribution >= 0.6 is 11.8 Å². The molecule has 1 heterocycles. The summed E-state index contributed by atoms with van der Waals surface area (Å²) in [6, 6.07) is 26.3. The van der Waals surface area contributed by atoms with Gasteiger partial charge in [0, 0.05) is 18.8 Å². The van der Waals surface area contributed by atoms with Crippen molar-refractivity contribution in [2.24, 2.45) is 11.8 Å². The van der Waals surface area contributed by atoms with Crippen molar-refractivity contribution in [3.63, 3.8) is 0 Å². The van der Waals surface area contributed by atoms with E-state index in [-0.39, 0.29) is 41.3 Å². The molecule has 57 heavy (non-hydrogen) atoms. The first-order valence-corrected chi connectivity index (χ1v) is 22.8. The zero-order chi connectivity index (χ0) is 40.7. The molecule has 0 amide bonds. The molecule has 0 N–H and O–H groups in total. The molecule has 1 aliphatic carbocycles. The van der Waals surface area contributed by atoms with Gasteiger partial charge in [0.2, 0.25) is 0 Å². The van der Waals surface area contributed by atoms with Gasteiger partial charge >= 0.3 is 0 Å². The van der Waals surface area contributed by atoms with E-state index in [2.05, 4.69) is 93.9 Å². The van der Waals surface area contributed by atoms with Crippen LogP contribution < -0.4 is 0 Å². The topological polar surface area (TPSA) is 86.7 Å². The summed E-state index contributed by atoms with van der Waals surface area (Å²) >= 11 is 1.76. The van der Waals surface area contributed by atoms with Gasteiger partial charge in [-0.05, 0) is 137 Å². The van der Waals surface area contributed by atoms with Crippen LogP contribution in [0.25, 0.3) is 16.3 Å². The minimum atomic E-state index is -3.85. The van der Waals surface area contributed by atoms with Crippen LogP contribution in [0.4, 0.5) is 0 Å². The number of rotatable bonds is 11. The fraction of sp³-hybridized carbons (Fsp3) is 0.292. The van der Waals surface area contributed by atoms with Crippen LogP contribution in [0.15, 0.2) is 133 Å². The van der Waals surface area contributed by atoms with E-state index in [4.69, 9.17) is 8.37 Å². The van der Waals surface area contributed by atoms with Gasteiger partial charge in [-0.3, -0.25) is 8.37 Å². The fourth-order valence-electron chi connectivity index (χ4n) is 7.28. The van der Waals surface area contributed by atoms with Gasteiger partial charge in [-0.15, -0.1) is 5.92 Å². The Balaban J connectivity index is 1.25. The molecule has 1 aliphatic heterocycles. The fourth-order valence-corrected chi connectivity index (χ4v) is 10.1. The van der Waals surface area contributed by atoms with E-state index >= 15 is 0 Å². The van der Waals surface area contributed by atoms with Crippen molar-refractivity contribution in [2.75, 3.05) is 13.2 Å². The van der Waals surface area contributed by atoms with Crippen molar-refractivity contribution in [3.05, 3.63) is 146 Å². The standard InChI is InChI=1S/C48H48O6S3/c1-33-19-25-41(26-20-33)56(49,50)53-29-13-8-7-9-17-43-37(5)55-38(6)45(31-35(3)15-12-14-30-54-57(51,52)42-27-21-34(2)22-28-42)48(43)46-36(4)32-40-24-23-39-16-10-11-18-44(39)47(40)46/h9-11,16-28,35-36H,13-14,29-32H2,1-6H3/b17-9-,48-46+. The summed E-state index contributed by atoms with van der Waals surface area (Å²) in [5.41, 5.74) is 9.50. The van der Waals surface area contributed by atoms with Crippen LogP contribution in [0.1, 0.15) is 69.2 Å². The summed E-state index contributed by atoms with van der Waals surface area (Å²) in [5.74, 6) is 13.0. The molecular weight excluding hydrogens is 769 g/mol. The molecule has 0 bridgehead atoms. The minimum Gasteiger partial charge on any atom is -0.265 e. The lowest BCUT2D eigenvalue weighted by molar-refractivity contribution is 0.326. The molecule has 0 aromatic heterocycles. The molecule has 0 saturated carbocycles. The molecule has 2 atom stereocenters. The van der Waals surface area contributed by atoms with E-state index in [1.54, 1.807) is 60.3 Å². The first-order chi connectivity index (χ1) is 27.2. The SMILES string of the molecule is CC1=C(/C=C\C#CCCOS(=O)(=O)c2ccc(C)cc2)/C(=C2\c3c(ccc4ccccc34)CC2C)C(CC(C)C#CCCOS(=O)(=O)c2ccc(C)cc2)=C(C)S1. The van der Waals surface area contributed by atoms with Crippen molar-refractivity contribution < 1.29 is 25.2 Å². The Kier molecular flexibility index (Phi) is 13.5. The predicted octanol–water partition coefficient (Wildman–Crippen LogP) is 10.9. The normalized spacial score (nSPS) is 17.7. The second kappa shape index (κ2) is 18.3. The lowest BCUT2D eigenvalue weighted by Crippen LogP contribution is -2.10. The zero-order valence-electron chi connectivity index (χ0n) is 33.3. The second-order valence-electron chi connectivity index (χ2n) is 14.6. The first-order valence-electron chi connectivity index (χ1n) is 19.1. The summed E-state index contributed by atoms with van der Waals surface area (Å²) in [7, 11) is -7.70. The maximum Gasteiger partial charge on any atom is 0.297 e. The van der Waals surface area contributed by atoms with Gasteiger partial charge in [-0.2, -0.15) is 16.8 Å². The zero-order valence-corrected chi connectivity index (χ0v) is 35.8.